The predicted octanol–water partition coefficient (Wildman–Crippen LogP) is 4.49. The van der Waals surface area contributed by atoms with Crippen LogP contribution < -0.4 is 4.74 Å². The van der Waals surface area contributed by atoms with Gasteiger partial charge in [-0.05, 0) is 48.9 Å². The molecule has 2 aromatic rings. The molecule has 0 spiro atoms. The lowest BCUT2D eigenvalue weighted by Crippen LogP contribution is -2.33. The monoisotopic (exact) mass is 252 g/mol. The molecule has 0 radical (unpaired) electrons. The Hall–Kier alpha value is -1.76. The Morgan fingerprint density at radius 2 is 1.84 bits per heavy atom. The lowest BCUT2D eigenvalue weighted by atomic mass is 9.85. The van der Waals surface area contributed by atoms with Gasteiger partial charge in [0, 0.05) is 0 Å². The van der Waals surface area contributed by atoms with Crippen LogP contribution in [0.15, 0.2) is 48.5 Å². The van der Waals surface area contributed by atoms with Crippen molar-refractivity contribution >= 4 is 0 Å². The Labute approximate surface area is 115 Å². The molecular formula is C18H20O. The maximum absolute atomic E-state index is 6.35. The van der Waals surface area contributed by atoms with Crippen molar-refractivity contribution in [3.05, 3.63) is 65.2 Å². The van der Waals surface area contributed by atoms with Crippen molar-refractivity contribution < 1.29 is 4.74 Å². The first-order chi connectivity index (χ1) is 9.23. The van der Waals surface area contributed by atoms with E-state index >= 15 is 0 Å². The molecular weight excluding hydrogens is 232 g/mol. The highest BCUT2D eigenvalue weighted by Crippen LogP contribution is 2.40. The first-order valence-electron chi connectivity index (χ1n) is 7.08. The number of hydrogen-bond donors (Lipinski definition) is 0. The minimum absolute atomic E-state index is 0.194. The van der Waals surface area contributed by atoms with E-state index in [1.54, 1.807) is 0 Å². The first kappa shape index (κ1) is 12.3. The minimum Gasteiger partial charge on any atom is -0.483 e. The third-order valence-corrected chi connectivity index (χ3v) is 4.18. The predicted molar refractivity (Wildman–Crippen MR) is 78.6 cm³/mol. The Bertz CT molecular complexity index is 573. The third kappa shape index (κ3) is 2.14. The van der Waals surface area contributed by atoms with Gasteiger partial charge in [0.05, 0.1) is 0 Å². The highest BCUT2D eigenvalue weighted by atomic mass is 16.5. The minimum atomic E-state index is -0.194. The van der Waals surface area contributed by atoms with Crippen LogP contribution in [0.3, 0.4) is 0 Å². The molecule has 1 aliphatic heterocycles. The molecule has 0 bridgehead atoms. The molecule has 0 N–H and O–H groups in total. The Morgan fingerprint density at radius 3 is 2.58 bits per heavy atom. The number of benzene rings is 2. The van der Waals surface area contributed by atoms with Crippen LogP contribution in [0, 0.1) is 0 Å². The average Bonchev–Trinajstić information content (AvgIpc) is 2.47. The fourth-order valence-electron chi connectivity index (χ4n) is 2.97. The number of aryl methyl sites for hydroxylation is 1. The van der Waals surface area contributed by atoms with Gasteiger partial charge in [-0.2, -0.15) is 0 Å². The molecule has 1 heterocycles. The normalized spacial score (nSPS) is 21.6. The van der Waals surface area contributed by atoms with Crippen LogP contribution in [0.5, 0.6) is 5.75 Å². The summed E-state index contributed by atoms with van der Waals surface area (Å²) >= 11 is 0. The average molecular weight is 252 g/mol. The molecule has 0 saturated heterocycles. The van der Waals surface area contributed by atoms with E-state index in [4.69, 9.17) is 4.74 Å². The van der Waals surface area contributed by atoms with Crippen LogP contribution in [0.4, 0.5) is 0 Å². The summed E-state index contributed by atoms with van der Waals surface area (Å²) < 4.78 is 6.35. The first-order valence-corrected chi connectivity index (χ1v) is 7.08. The molecule has 1 aliphatic rings. The Morgan fingerprint density at radius 1 is 1.05 bits per heavy atom. The second-order valence-electron chi connectivity index (χ2n) is 5.45. The zero-order valence-electron chi connectivity index (χ0n) is 11.6. The zero-order chi connectivity index (χ0) is 13.3. The lowest BCUT2D eigenvalue weighted by molar-refractivity contribution is 0.0623. The smallest absolute Gasteiger partial charge is 0.132 e. The van der Waals surface area contributed by atoms with E-state index in [0.717, 1.165) is 25.0 Å². The Balaban J connectivity index is 1.98. The van der Waals surface area contributed by atoms with Crippen molar-refractivity contribution in [2.45, 2.75) is 38.7 Å². The van der Waals surface area contributed by atoms with Crippen LogP contribution in [0.25, 0.3) is 0 Å². The van der Waals surface area contributed by atoms with Crippen LogP contribution in [-0.2, 0) is 18.4 Å². The molecule has 19 heavy (non-hydrogen) atoms. The van der Waals surface area contributed by atoms with Crippen LogP contribution in [-0.4, -0.2) is 0 Å². The summed E-state index contributed by atoms with van der Waals surface area (Å²) in [5.41, 5.74) is 3.90. The second-order valence-corrected chi connectivity index (χ2v) is 5.45. The molecule has 0 aromatic heterocycles. The lowest BCUT2D eigenvalue weighted by Gasteiger charge is -2.37. The number of hydrogen-bond acceptors (Lipinski definition) is 1. The summed E-state index contributed by atoms with van der Waals surface area (Å²) in [5.74, 6) is 1.07. The topological polar surface area (TPSA) is 9.23 Å². The van der Waals surface area contributed by atoms with Crippen molar-refractivity contribution in [3.8, 4) is 5.75 Å². The molecule has 0 aliphatic carbocycles. The van der Waals surface area contributed by atoms with Gasteiger partial charge >= 0.3 is 0 Å². The van der Waals surface area contributed by atoms with E-state index in [-0.39, 0.29) is 5.60 Å². The molecule has 2 aromatic carbocycles. The maximum Gasteiger partial charge on any atom is 0.132 e. The van der Waals surface area contributed by atoms with Gasteiger partial charge in [-0.15, -0.1) is 0 Å². The van der Waals surface area contributed by atoms with Crippen molar-refractivity contribution in [1.29, 1.82) is 0 Å². The fourth-order valence-corrected chi connectivity index (χ4v) is 2.97. The van der Waals surface area contributed by atoms with Gasteiger partial charge in [0.15, 0.2) is 0 Å². The fraction of sp³-hybridized carbons (Fsp3) is 0.333. The van der Waals surface area contributed by atoms with Crippen LogP contribution in [0.1, 0.15) is 37.0 Å². The highest BCUT2D eigenvalue weighted by molar-refractivity contribution is 5.43. The summed E-state index contributed by atoms with van der Waals surface area (Å²) in [6, 6.07) is 17.0. The SMILES string of the molecule is CCc1cccc2c1CCC(C)(c1ccccc1)O2. The molecule has 1 heteroatoms. The van der Waals surface area contributed by atoms with Gasteiger partial charge in [-0.25, -0.2) is 0 Å². The molecule has 0 saturated carbocycles. The second kappa shape index (κ2) is 4.73. The summed E-state index contributed by atoms with van der Waals surface area (Å²) in [7, 11) is 0. The summed E-state index contributed by atoms with van der Waals surface area (Å²) in [4.78, 5) is 0. The molecule has 1 atom stereocenters. The number of rotatable bonds is 2. The van der Waals surface area contributed by atoms with Gasteiger partial charge < -0.3 is 4.74 Å². The van der Waals surface area contributed by atoms with Crippen molar-refractivity contribution in [3.63, 3.8) is 0 Å². The molecule has 1 nitrogen and oxygen atoms in total. The maximum atomic E-state index is 6.35. The van der Waals surface area contributed by atoms with E-state index in [1.807, 2.05) is 0 Å². The standard InChI is InChI=1S/C18H20O/c1-3-14-8-7-11-17-16(14)12-13-18(2,19-17)15-9-5-4-6-10-15/h4-11H,3,12-13H2,1-2H3. The number of fused-ring (bicyclic) bond motifs is 1. The van der Waals surface area contributed by atoms with Crippen molar-refractivity contribution in [2.24, 2.45) is 0 Å². The van der Waals surface area contributed by atoms with Gasteiger partial charge in [-0.1, -0.05) is 49.4 Å². The van der Waals surface area contributed by atoms with E-state index in [0.29, 0.717) is 0 Å². The van der Waals surface area contributed by atoms with E-state index in [9.17, 15) is 0 Å². The van der Waals surface area contributed by atoms with E-state index in [1.165, 1.54) is 16.7 Å². The Kier molecular flexibility index (Phi) is 3.06. The van der Waals surface area contributed by atoms with Crippen LogP contribution in [0.2, 0.25) is 0 Å². The molecule has 3 rings (SSSR count). The van der Waals surface area contributed by atoms with E-state index in [2.05, 4.69) is 62.4 Å². The van der Waals surface area contributed by atoms with Gasteiger partial charge in [0.25, 0.3) is 0 Å². The van der Waals surface area contributed by atoms with Gasteiger partial charge in [-0.3, -0.25) is 0 Å². The van der Waals surface area contributed by atoms with Crippen molar-refractivity contribution in [1.82, 2.24) is 0 Å². The van der Waals surface area contributed by atoms with Crippen LogP contribution >= 0.6 is 0 Å². The summed E-state index contributed by atoms with van der Waals surface area (Å²) in [6.45, 7) is 4.41. The number of ether oxygens (including phenoxy) is 1. The molecule has 0 fully saturated rings. The largest absolute Gasteiger partial charge is 0.483 e. The highest BCUT2D eigenvalue weighted by Gasteiger charge is 2.33. The molecule has 1 unspecified atom stereocenters. The third-order valence-electron chi connectivity index (χ3n) is 4.18. The zero-order valence-corrected chi connectivity index (χ0v) is 11.6. The van der Waals surface area contributed by atoms with Gasteiger partial charge in [0.1, 0.15) is 11.4 Å². The van der Waals surface area contributed by atoms with Crippen molar-refractivity contribution in [2.75, 3.05) is 0 Å². The quantitative estimate of drug-likeness (QED) is 0.765. The van der Waals surface area contributed by atoms with Gasteiger partial charge in [0.2, 0.25) is 0 Å². The summed E-state index contributed by atoms with van der Waals surface area (Å²) in [5, 5.41) is 0. The molecule has 0 amide bonds. The summed E-state index contributed by atoms with van der Waals surface area (Å²) in [6.07, 6.45) is 3.22. The van der Waals surface area contributed by atoms with E-state index < -0.39 is 0 Å². The molecule has 98 valence electrons.